The van der Waals surface area contributed by atoms with E-state index in [1.54, 1.807) is 24.3 Å². The number of nitrogens with zero attached hydrogens (tertiary/aromatic N) is 2. The molecule has 4 N–H and O–H groups in total. The average molecular weight is 337 g/mol. The highest BCUT2D eigenvalue weighted by Gasteiger charge is 2.18. The van der Waals surface area contributed by atoms with Crippen LogP contribution < -0.4 is 16.6 Å². The predicted molar refractivity (Wildman–Crippen MR) is 88.7 cm³/mol. The number of carboxylic acid groups (broad SMARTS) is 1. The fourth-order valence-corrected chi connectivity index (χ4v) is 2.42. The van der Waals surface area contributed by atoms with Crippen LogP contribution in [0.15, 0.2) is 35.1 Å². The second-order valence-corrected chi connectivity index (χ2v) is 5.18. The lowest BCUT2D eigenvalue weighted by Gasteiger charge is -2.15. The van der Waals surface area contributed by atoms with Crippen molar-refractivity contribution in [2.75, 3.05) is 18.4 Å². The van der Waals surface area contributed by atoms with Gasteiger partial charge in [0.25, 0.3) is 5.56 Å². The molecule has 0 radical (unpaired) electrons. The lowest BCUT2D eigenvalue weighted by Crippen LogP contribution is -2.30. The first-order valence-electron chi connectivity index (χ1n) is 7.06. The largest absolute Gasteiger partial charge is 0.480 e. The molecule has 0 aliphatic rings. The van der Waals surface area contributed by atoms with E-state index in [2.05, 4.69) is 10.3 Å². The van der Waals surface area contributed by atoms with Crippen LogP contribution in [-0.2, 0) is 11.3 Å². The Morgan fingerprint density at radius 2 is 2.04 bits per heavy atom. The van der Waals surface area contributed by atoms with E-state index in [9.17, 15) is 9.59 Å². The van der Waals surface area contributed by atoms with Gasteiger partial charge in [-0.25, -0.2) is 4.98 Å². The van der Waals surface area contributed by atoms with E-state index >= 15 is 0 Å². The van der Waals surface area contributed by atoms with Crippen LogP contribution >= 0.6 is 11.6 Å². The maximum absolute atomic E-state index is 12.5. The van der Waals surface area contributed by atoms with Crippen LogP contribution in [0.5, 0.6) is 0 Å². The molecular formula is C15H17ClN4O3. The number of nitrogens with two attached hydrogens (primary N) is 1. The SMILES string of the molecule is NCCCNc1nc(Cl)c(-c2ccccc2)n(CC(=O)O)c1=O. The summed E-state index contributed by atoms with van der Waals surface area (Å²) < 4.78 is 1.11. The number of rotatable bonds is 7. The molecule has 0 atom stereocenters. The molecule has 0 bridgehead atoms. The zero-order valence-corrected chi connectivity index (χ0v) is 13.1. The molecule has 23 heavy (non-hydrogen) atoms. The van der Waals surface area contributed by atoms with E-state index in [0.717, 1.165) is 4.57 Å². The van der Waals surface area contributed by atoms with Crippen molar-refractivity contribution in [1.82, 2.24) is 9.55 Å². The molecule has 1 aromatic heterocycles. The summed E-state index contributed by atoms with van der Waals surface area (Å²) in [5.41, 5.74) is 5.78. The topological polar surface area (TPSA) is 110 Å². The minimum atomic E-state index is -1.14. The molecule has 0 amide bonds. The normalized spacial score (nSPS) is 10.5. The molecule has 0 fully saturated rings. The number of halogens is 1. The summed E-state index contributed by atoms with van der Waals surface area (Å²) >= 11 is 6.21. The molecule has 2 aromatic rings. The first-order valence-corrected chi connectivity index (χ1v) is 7.44. The Morgan fingerprint density at radius 1 is 1.35 bits per heavy atom. The van der Waals surface area contributed by atoms with Gasteiger partial charge in [-0.15, -0.1) is 0 Å². The number of anilines is 1. The fraction of sp³-hybridized carbons (Fsp3) is 0.267. The Morgan fingerprint density at radius 3 is 2.65 bits per heavy atom. The van der Waals surface area contributed by atoms with Gasteiger partial charge in [0, 0.05) is 12.1 Å². The van der Waals surface area contributed by atoms with Crippen molar-refractivity contribution < 1.29 is 9.90 Å². The summed E-state index contributed by atoms with van der Waals surface area (Å²) in [6, 6.07) is 8.83. The van der Waals surface area contributed by atoms with Gasteiger partial charge in [-0.3, -0.25) is 14.2 Å². The standard InChI is InChI=1S/C15H17ClN4O3/c16-13-12(10-5-2-1-3-6-10)20(9-11(21)22)15(23)14(19-13)18-8-4-7-17/h1-3,5-6H,4,7-9,17H2,(H,18,19)(H,21,22). The third kappa shape index (κ3) is 4.08. The highest BCUT2D eigenvalue weighted by atomic mass is 35.5. The van der Waals surface area contributed by atoms with Gasteiger partial charge in [0.05, 0.1) is 5.69 Å². The van der Waals surface area contributed by atoms with E-state index in [4.69, 9.17) is 22.4 Å². The number of aromatic nitrogens is 2. The van der Waals surface area contributed by atoms with E-state index in [-0.39, 0.29) is 16.7 Å². The van der Waals surface area contributed by atoms with Crippen molar-refractivity contribution in [2.24, 2.45) is 5.73 Å². The molecule has 0 spiro atoms. The highest BCUT2D eigenvalue weighted by Crippen LogP contribution is 2.26. The fourth-order valence-electron chi connectivity index (χ4n) is 2.12. The molecule has 1 heterocycles. The summed E-state index contributed by atoms with van der Waals surface area (Å²) in [5, 5.41) is 12.0. The Labute approximate surface area is 137 Å². The molecule has 0 aliphatic heterocycles. The minimum absolute atomic E-state index is 0.0179. The zero-order chi connectivity index (χ0) is 16.8. The first kappa shape index (κ1) is 17.0. The number of hydrogen-bond donors (Lipinski definition) is 3. The van der Waals surface area contributed by atoms with Crippen LogP contribution in [0, 0.1) is 0 Å². The van der Waals surface area contributed by atoms with Gasteiger partial charge >= 0.3 is 5.97 Å². The lowest BCUT2D eigenvalue weighted by molar-refractivity contribution is -0.137. The highest BCUT2D eigenvalue weighted by molar-refractivity contribution is 6.32. The van der Waals surface area contributed by atoms with E-state index in [0.29, 0.717) is 25.1 Å². The lowest BCUT2D eigenvalue weighted by atomic mass is 10.1. The van der Waals surface area contributed by atoms with Gasteiger partial charge in [-0.05, 0) is 13.0 Å². The van der Waals surface area contributed by atoms with Crippen LogP contribution in [0.3, 0.4) is 0 Å². The van der Waals surface area contributed by atoms with Crippen molar-refractivity contribution in [3.05, 3.63) is 45.8 Å². The second kappa shape index (κ2) is 7.75. The number of carboxylic acids is 1. The molecule has 2 rings (SSSR count). The van der Waals surface area contributed by atoms with Crippen molar-refractivity contribution in [3.63, 3.8) is 0 Å². The maximum atomic E-state index is 12.5. The van der Waals surface area contributed by atoms with Crippen molar-refractivity contribution in [2.45, 2.75) is 13.0 Å². The third-order valence-electron chi connectivity index (χ3n) is 3.14. The average Bonchev–Trinajstić information content (AvgIpc) is 2.52. The molecule has 1 aromatic carbocycles. The van der Waals surface area contributed by atoms with Crippen LogP contribution in [-0.4, -0.2) is 33.7 Å². The molecule has 0 aliphatic carbocycles. The summed E-state index contributed by atoms with van der Waals surface area (Å²) in [7, 11) is 0. The monoisotopic (exact) mass is 336 g/mol. The van der Waals surface area contributed by atoms with Gasteiger partial charge in [0.15, 0.2) is 11.0 Å². The second-order valence-electron chi connectivity index (χ2n) is 4.82. The van der Waals surface area contributed by atoms with Crippen LogP contribution in [0.2, 0.25) is 5.15 Å². The molecule has 0 saturated heterocycles. The number of benzene rings is 1. The molecular weight excluding hydrogens is 320 g/mol. The summed E-state index contributed by atoms with van der Waals surface area (Å²) in [6.07, 6.45) is 0.651. The first-order chi connectivity index (χ1) is 11.0. The third-order valence-corrected chi connectivity index (χ3v) is 3.40. The number of hydrogen-bond acceptors (Lipinski definition) is 5. The maximum Gasteiger partial charge on any atom is 0.323 e. The predicted octanol–water partition coefficient (Wildman–Crippen LogP) is 1.41. The van der Waals surface area contributed by atoms with Crippen LogP contribution in [0.4, 0.5) is 5.82 Å². The van der Waals surface area contributed by atoms with Crippen molar-refractivity contribution in [3.8, 4) is 11.3 Å². The molecule has 0 saturated carbocycles. The van der Waals surface area contributed by atoms with Crippen molar-refractivity contribution >= 4 is 23.4 Å². The summed E-state index contributed by atoms with van der Waals surface area (Å²) in [5.74, 6) is -1.12. The van der Waals surface area contributed by atoms with Gasteiger partial charge in [0.1, 0.15) is 6.54 Å². The Balaban J connectivity index is 2.55. The minimum Gasteiger partial charge on any atom is -0.480 e. The molecule has 122 valence electrons. The van der Waals surface area contributed by atoms with E-state index in [1.807, 2.05) is 6.07 Å². The Hall–Kier alpha value is -2.38. The quantitative estimate of drug-likeness (QED) is 0.659. The van der Waals surface area contributed by atoms with E-state index in [1.165, 1.54) is 0 Å². The Kier molecular flexibility index (Phi) is 5.72. The van der Waals surface area contributed by atoms with Gasteiger partial charge in [-0.1, -0.05) is 41.9 Å². The van der Waals surface area contributed by atoms with Gasteiger partial charge in [0.2, 0.25) is 0 Å². The molecule has 7 nitrogen and oxygen atoms in total. The van der Waals surface area contributed by atoms with Gasteiger partial charge in [-0.2, -0.15) is 0 Å². The van der Waals surface area contributed by atoms with Crippen LogP contribution in [0.1, 0.15) is 6.42 Å². The van der Waals surface area contributed by atoms with Crippen LogP contribution in [0.25, 0.3) is 11.3 Å². The van der Waals surface area contributed by atoms with Gasteiger partial charge < -0.3 is 16.2 Å². The zero-order valence-electron chi connectivity index (χ0n) is 12.3. The summed E-state index contributed by atoms with van der Waals surface area (Å²) in [6.45, 7) is 0.413. The van der Waals surface area contributed by atoms with E-state index < -0.39 is 18.1 Å². The summed E-state index contributed by atoms with van der Waals surface area (Å²) in [4.78, 5) is 27.7. The number of carbonyl (C=O) groups is 1. The Bertz CT molecular complexity index is 746. The molecule has 8 heteroatoms. The smallest absolute Gasteiger partial charge is 0.323 e. The number of aliphatic carboxylic acids is 1. The molecule has 0 unspecified atom stereocenters. The van der Waals surface area contributed by atoms with Crippen molar-refractivity contribution in [1.29, 1.82) is 0 Å². The number of nitrogens with one attached hydrogen (secondary N) is 1.